The number of sulfone groups is 1. The van der Waals surface area contributed by atoms with Gasteiger partial charge < -0.3 is 9.84 Å². The number of aryl methyl sites for hydroxylation is 2. The molecule has 0 amide bonds. The average molecular weight is 349 g/mol. The Hall–Kier alpha value is -2.41. The molecule has 1 N–H and O–H groups in total. The van der Waals surface area contributed by atoms with Gasteiger partial charge >= 0.3 is 5.97 Å². The van der Waals surface area contributed by atoms with Crippen LogP contribution in [0.25, 0.3) is 11.3 Å². The van der Waals surface area contributed by atoms with Crippen molar-refractivity contribution in [3.63, 3.8) is 0 Å². The Morgan fingerprint density at radius 2 is 1.92 bits per heavy atom. The minimum absolute atomic E-state index is 0.0292. The summed E-state index contributed by atoms with van der Waals surface area (Å²) < 4.78 is 29.3. The van der Waals surface area contributed by atoms with Crippen LogP contribution in [0.2, 0.25) is 0 Å². The van der Waals surface area contributed by atoms with Gasteiger partial charge in [0.15, 0.2) is 16.4 Å². The van der Waals surface area contributed by atoms with E-state index < -0.39 is 22.4 Å². The summed E-state index contributed by atoms with van der Waals surface area (Å²) in [5, 5.41) is 8.79. The van der Waals surface area contributed by atoms with Gasteiger partial charge in [-0.15, -0.1) is 0 Å². The highest BCUT2D eigenvalue weighted by atomic mass is 32.2. The standard InChI is InChI=1S/C17H19NO5S/c1-4-24(21,22)13-6-7-14(11(2)9-13)17-15(23-10-16(19)20)8-5-12(3)18-17/h5-9H,4,10H2,1-3H3,(H,19,20). The van der Waals surface area contributed by atoms with E-state index in [1.165, 1.54) is 6.07 Å². The molecular weight excluding hydrogens is 330 g/mol. The van der Waals surface area contributed by atoms with E-state index in [0.29, 0.717) is 17.0 Å². The fourth-order valence-electron chi connectivity index (χ4n) is 2.25. The number of carboxylic acid groups (broad SMARTS) is 1. The van der Waals surface area contributed by atoms with Crippen molar-refractivity contribution in [3.8, 4) is 17.0 Å². The van der Waals surface area contributed by atoms with Gasteiger partial charge in [-0.1, -0.05) is 13.0 Å². The number of aliphatic carboxylic acids is 1. The SMILES string of the molecule is CCS(=O)(=O)c1ccc(-c2nc(C)ccc2OCC(=O)O)c(C)c1. The summed E-state index contributed by atoms with van der Waals surface area (Å²) in [6, 6.07) is 8.20. The average Bonchev–Trinajstić information content (AvgIpc) is 2.53. The van der Waals surface area contributed by atoms with Gasteiger partial charge in [0, 0.05) is 11.3 Å². The minimum Gasteiger partial charge on any atom is -0.480 e. The van der Waals surface area contributed by atoms with Gasteiger partial charge in [-0.3, -0.25) is 0 Å². The predicted molar refractivity (Wildman–Crippen MR) is 90.0 cm³/mol. The number of ether oxygens (including phenoxy) is 1. The third-order valence-corrected chi connectivity index (χ3v) is 5.27. The van der Waals surface area contributed by atoms with E-state index in [4.69, 9.17) is 9.84 Å². The lowest BCUT2D eigenvalue weighted by molar-refractivity contribution is -0.139. The van der Waals surface area contributed by atoms with Gasteiger partial charge in [0.25, 0.3) is 0 Å². The van der Waals surface area contributed by atoms with Crippen molar-refractivity contribution in [2.45, 2.75) is 25.7 Å². The Morgan fingerprint density at radius 1 is 1.21 bits per heavy atom. The van der Waals surface area contributed by atoms with Crippen LogP contribution in [0.15, 0.2) is 35.2 Å². The molecule has 0 saturated carbocycles. The highest BCUT2D eigenvalue weighted by Crippen LogP contribution is 2.32. The summed E-state index contributed by atoms with van der Waals surface area (Å²) in [5.74, 6) is -0.707. The molecule has 0 aliphatic rings. The molecule has 24 heavy (non-hydrogen) atoms. The number of hydrogen-bond donors (Lipinski definition) is 1. The van der Waals surface area contributed by atoms with Crippen molar-refractivity contribution < 1.29 is 23.1 Å². The molecule has 6 nitrogen and oxygen atoms in total. The number of aromatic nitrogens is 1. The molecule has 0 unspecified atom stereocenters. The first-order valence-corrected chi connectivity index (χ1v) is 9.06. The van der Waals surface area contributed by atoms with Gasteiger partial charge in [0.05, 0.1) is 10.6 Å². The molecule has 0 fully saturated rings. The number of nitrogens with zero attached hydrogens (tertiary/aromatic N) is 1. The Balaban J connectivity index is 2.52. The van der Waals surface area contributed by atoms with Gasteiger partial charge in [-0.2, -0.15) is 0 Å². The first-order valence-electron chi connectivity index (χ1n) is 7.40. The summed E-state index contributed by atoms with van der Waals surface area (Å²) in [7, 11) is -3.29. The molecule has 0 radical (unpaired) electrons. The molecule has 2 rings (SSSR count). The lowest BCUT2D eigenvalue weighted by Crippen LogP contribution is -2.10. The first-order chi connectivity index (χ1) is 11.2. The Kier molecular flexibility index (Phi) is 5.23. The molecule has 2 aromatic rings. The second kappa shape index (κ2) is 7.00. The summed E-state index contributed by atoms with van der Waals surface area (Å²) in [4.78, 5) is 15.4. The van der Waals surface area contributed by atoms with E-state index in [-0.39, 0.29) is 10.6 Å². The molecule has 128 valence electrons. The largest absolute Gasteiger partial charge is 0.480 e. The second-order valence-electron chi connectivity index (χ2n) is 5.36. The van der Waals surface area contributed by atoms with Crippen LogP contribution in [0.1, 0.15) is 18.2 Å². The van der Waals surface area contributed by atoms with E-state index in [1.807, 2.05) is 6.92 Å². The fraction of sp³-hybridized carbons (Fsp3) is 0.294. The van der Waals surface area contributed by atoms with Crippen molar-refractivity contribution >= 4 is 15.8 Å². The van der Waals surface area contributed by atoms with E-state index in [0.717, 1.165) is 11.3 Å². The number of carboxylic acids is 1. The fourth-order valence-corrected chi connectivity index (χ4v) is 3.22. The predicted octanol–water partition coefficient (Wildman–Crippen LogP) is 2.62. The quantitative estimate of drug-likeness (QED) is 0.861. The molecule has 0 spiro atoms. The zero-order valence-electron chi connectivity index (χ0n) is 13.7. The van der Waals surface area contributed by atoms with E-state index in [2.05, 4.69) is 4.98 Å². The number of rotatable bonds is 6. The Labute approximate surface area is 141 Å². The number of benzene rings is 1. The maximum atomic E-state index is 12.0. The minimum atomic E-state index is -3.29. The monoisotopic (exact) mass is 349 g/mol. The maximum Gasteiger partial charge on any atom is 0.341 e. The lowest BCUT2D eigenvalue weighted by Gasteiger charge is -2.13. The number of hydrogen-bond acceptors (Lipinski definition) is 5. The lowest BCUT2D eigenvalue weighted by atomic mass is 10.0. The first kappa shape index (κ1) is 17.9. The molecule has 0 saturated heterocycles. The Morgan fingerprint density at radius 3 is 2.50 bits per heavy atom. The summed E-state index contributed by atoms with van der Waals surface area (Å²) in [6.45, 7) is 4.72. The second-order valence-corrected chi connectivity index (χ2v) is 7.64. The van der Waals surface area contributed by atoms with Crippen LogP contribution in [-0.2, 0) is 14.6 Å². The third kappa shape index (κ3) is 3.91. The van der Waals surface area contributed by atoms with E-state index in [9.17, 15) is 13.2 Å². The molecular formula is C17H19NO5S. The molecule has 0 atom stereocenters. The summed E-state index contributed by atoms with van der Waals surface area (Å²) in [5.41, 5.74) is 2.67. The molecule has 0 aliphatic carbocycles. The molecule has 1 heterocycles. The van der Waals surface area contributed by atoms with Crippen molar-refractivity contribution in [1.82, 2.24) is 4.98 Å². The van der Waals surface area contributed by atoms with Crippen molar-refractivity contribution in [2.75, 3.05) is 12.4 Å². The molecule has 7 heteroatoms. The van der Waals surface area contributed by atoms with Crippen LogP contribution < -0.4 is 4.74 Å². The van der Waals surface area contributed by atoms with Crippen LogP contribution >= 0.6 is 0 Å². The van der Waals surface area contributed by atoms with Crippen molar-refractivity contribution in [2.24, 2.45) is 0 Å². The number of pyridine rings is 1. The Bertz CT molecular complexity index is 875. The highest BCUT2D eigenvalue weighted by Gasteiger charge is 2.16. The normalized spacial score (nSPS) is 11.3. The van der Waals surface area contributed by atoms with Crippen molar-refractivity contribution in [3.05, 3.63) is 41.6 Å². The smallest absolute Gasteiger partial charge is 0.341 e. The third-order valence-electron chi connectivity index (χ3n) is 3.54. The summed E-state index contributed by atoms with van der Waals surface area (Å²) in [6.07, 6.45) is 0. The van der Waals surface area contributed by atoms with Gasteiger partial charge in [-0.05, 0) is 43.7 Å². The topological polar surface area (TPSA) is 93.6 Å². The van der Waals surface area contributed by atoms with E-state index in [1.54, 1.807) is 38.1 Å². The van der Waals surface area contributed by atoms with Crippen LogP contribution in [0, 0.1) is 13.8 Å². The zero-order valence-corrected chi connectivity index (χ0v) is 14.6. The van der Waals surface area contributed by atoms with Gasteiger partial charge in [0.2, 0.25) is 0 Å². The van der Waals surface area contributed by atoms with Gasteiger partial charge in [-0.25, -0.2) is 18.2 Å². The zero-order chi connectivity index (χ0) is 17.9. The molecule has 1 aromatic carbocycles. The van der Waals surface area contributed by atoms with E-state index >= 15 is 0 Å². The molecule has 0 bridgehead atoms. The van der Waals surface area contributed by atoms with Crippen LogP contribution in [-0.4, -0.2) is 36.8 Å². The molecule has 0 aliphatic heterocycles. The molecule has 1 aromatic heterocycles. The van der Waals surface area contributed by atoms with Gasteiger partial charge in [0.1, 0.15) is 11.4 Å². The van der Waals surface area contributed by atoms with Crippen LogP contribution in [0.4, 0.5) is 0 Å². The number of carbonyl (C=O) groups is 1. The van der Waals surface area contributed by atoms with Crippen molar-refractivity contribution in [1.29, 1.82) is 0 Å². The van der Waals surface area contributed by atoms with Crippen LogP contribution in [0.3, 0.4) is 0 Å². The van der Waals surface area contributed by atoms with Crippen LogP contribution in [0.5, 0.6) is 5.75 Å². The maximum absolute atomic E-state index is 12.0. The highest BCUT2D eigenvalue weighted by molar-refractivity contribution is 7.91. The summed E-state index contributed by atoms with van der Waals surface area (Å²) >= 11 is 0.